The Labute approximate surface area is 186 Å². The molecule has 0 aliphatic rings. The molecule has 7 heteroatoms. The molecule has 1 N–H and O–H groups in total. The van der Waals surface area contributed by atoms with Crippen molar-refractivity contribution in [2.45, 2.75) is 25.4 Å². The van der Waals surface area contributed by atoms with E-state index in [4.69, 9.17) is 0 Å². The van der Waals surface area contributed by atoms with E-state index in [2.05, 4.69) is 32.3 Å². The number of aliphatic hydroxyl groups is 1. The molecule has 1 atom stereocenters. The maximum Gasteiger partial charge on any atom is 0.128 e. The Balaban J connectivity index is 1.24. The molecule has 0 amide bonds. The topological polar surface area (TPSA) is 81.1 Å². The van der Waals surface area contributed by atoms with Crippen LogP contribution in [-0.2, 0) is 19.9 Å². The number of hydrogen-bond acceptors (Lipinski definition) is 5. The summed E-state index contributed by atoms with van der Waals surface area (Å²) in [6, 6.07) is 14.3. The molecule has 0 spiro atoms. The van der Waals surface area contributed by atoms with Crippen molar-refractivity contribution in [2.75, 3.05) is 0 Å². The monoisotopic (exact) mass is 424 g/mol. The van der Waals surface area contributed by atoms with Crippen LogP contribution in [0.1, 0.15) is 35.0 Å². The summed E-state index contributed by atoms with van der Waals surface area (Å²) < 4.78 is 3.57. The van der Waals surface area contributed by atoms with Gasteiger partial charge in [-0.15, -0.1) is 0 Å². The maximum absolute atomic E-state index is 10.8. The molecule has 1 aromatic carbocycles. The van der Waals surface area contributed by atoms with E-state index in [1.54, 1.807) is 15.4 Å². The fourth-order valence-corrected chi connectivity index (χ4v) is 3.86. The molecule has 1 unspecified atom stereocenters. The van der Waals surface area contributed by atoms with Gasteiger partial charge in [-0.3, -0.25) is 4.68 Å². The summed E-state index contributed by atoms with van der Waals surface area (Å²) in [6.07, 6.45) is 12.5. The summed E-state index contributed by atoms with van der Waals surface area (Å²) in [4.78, 5) is 8.97. The number of hydrogen-bond donors (Lipinski definition) is 1. The van der Waals surface area contributed by atoms with Gasteiger partial charge in [0.15, 0.2) is 0 Å². The Morgan fingerprint density at radius 2 is 1.66 bits per heavy atom. The lowest BCUT2D eigenvalue weighted by Gasteiger charge is -2.09. The lowest BCUT2D eigenvalue weighted by molar-refractivity contribution is 0.168. The average Bonchev–Trinajstić information content (AvgIpc) is 3.45. The molecule has 0 aliphatic heterocycles. The van der Waals surface area contributed by atoms with Gasteiger partial charge in [0.2, 0.25) is 0 Å². The predicted octanol–water partition coefficient (Wildman–Crippen LogP) is 3.78. The Hall–Kier alpha value is -3.84. The number of rotatable bonds is 7. The van der Waals surface area contributed by atoms with Gasteiger partial charge in [-0.1, -0.05) is 36.4 Å². The van der Waals surface area contributed by atoms with Gasteiger partial charge in [0, 0.05) is 61.4 Å². The molecule has 0 saturated heterocycles. The fourth-order valence-electron chi connectivity index (χ4n) is 3.86. The van der Waals surface area contributed by atoms with Crippen LogP contribution in [0.25, 0.3) is 16.6 Å². The number of pyridine rings is 1. The molecule has 4 heterocycles. The minimum Gasteiger partial charge on any atom is -0.388 e. The van der Waals surface area contributed by atoms with Crippen molar-refractivity contribution in [3.8, 4) is 11.1 Å². The lowest BCUT2D eigenvalue weighted by Crippen LogP contribution is -2.03. The number of aromatic nitrogens is 6. The molecule has 0 bridgehead atoms. The molecule has 0 saturated carbocycles. The first kappa shape index (κ1) is 20.1. The number of benzene rings is 1. The first-order chi connectivity index (χ1) is 15.7. The summed E-state index contributed by atoms with van der Waals surface area (Å²) in [7, 11) is 1.89. The Morgan fingerprint density at radius 1 is 0.844 bits per heavy atom. The molecule has 5 aromatic rings. The van der Waals surface area contributed by atoms with Crippen LogP contribution in [0.4, 0.5) is 0 Å². The first-order valence-corrected chi connectivity index (χ1v) is 10.6. The van der Waals surface area contributed by atoms with Crippen LogP contribution in [0.3, 0.4) is 0 Å². The van der Waals surface area contributed by atoms with Gasteiger partial charge in [-0.05, 0) is 23.6 Å². The van der Waals surface area contributed by atoms with Gasteiger partial charge in [0.1, 0.15) is 5.82 Å². The minimum absolute atomic E-state index is 0.531. The third-order valence-electron chi connectivity index (χ3n) is 5.59. The highest BCUT2D eigenvalue weighted by molar-refractivity contribution is 5.65. The van der Waals surface area contributed by atoms with Crippen molar-refractivity contribution in [3.05, 3.63) is 102 Å². The molecule has 0 aliphatic carbocycles. The van der Waals surface area contributed by atoms with Crippen molar-refractivity contribution in [1.82, 2.24) is 29.4 Å². The zero-order valence-electron chi connectivity index (χ0n) is 17.8. The van der Waals surface area contributed by atoms with E-state index < -0.39 is 6.10 Å². The van der Waals surface area contributed by atoms with Gasteiger partial charge >= 0.3 is 0 Å². The maximum atomic E-state index is 10.8. The van der Waals surface area contributed by atoms with Gasteiger partial charge in [0.25, 0.3) is 0 Å². The third kappa shape index (κ3) is 4.29. The molecule has 160 valence electrons. The van der Waals surface area contributed by atoms with Gasteiger partial charge in [-0.2, -0.15) is 10.2 Å². The van der Waals surface area contributed by atoms with E-state index >= 15 is 0 Å². The number of fused-ring (bicyclic) bond motifs is 1. The second-order valence-corrected chi connectivity index (χ2v) is 7.97. The molecule has 32 heavy (non-hydrogen) atoms. The van der Waals surface area contributed by atoms with Crippen molar-refractivity contribution in [1.29, 1.82) is 0 Å². The average molecular weight is 425 g/mol. The second-order valence-electron chi connectivity index (χ2n) is 7.97. The van der Waals surface area contributed by atoms with E-state index in [0.717, 1.165) is 40.0 Å². The van der Waals surface area contributed by atoms with Crippen molar-refractivity contribution >= 4 is 5.52 Å². The molecule has 4 aromatic heterocycles. The predicted molar refractivity (Wildman–Crippen MR) is 122 cm³/mol. The molecule has 5 rings (SSSR count). The fraction of sp³-hybridized carbons (Fsp3) is 0.200. The first-order valence-electron chi connectivity index (χ1n) is 10.6. The summed E-state index contributed by atoms with van der Waals surface area (Å²) in [5, 5.41) is 19.4. The standard InChI is InChI=1S/C25H24N6O/c1-30-16-21(14-28-30)20-7-8-23-22(15-29-31(23)17-20)24(32)9-10-25-26-12-19(13-27-25)11-18-5-3-2-4-6-18/h2-8,12-17,24,32H,9-11H2,1H3. The van der Waals surface area contributed by atoms with E-state index in [1.807, 2.05) is 68.4 Å². The van der Waals surface area contributed by atoms with E-state index in [9.17, 15) is 5.11 Å². The number of aliphatic hydroxyl groups excluding tert-OH is 1. The number of nitrogens with zero attached hydrogens (tertiary/aromatic N) is 6. The summed E-state index contributed by atoms with van der Waals surface area (Å²) in [5.41, 5.74) is 6.07. The zero-order chi connectivity index (χ0) is 21.9. The largest absolute Gasteiger partial charge is 0.388 e. The molecule has 7 nitrogen and oxygen atoms in total. The van der Waals surface area contributed by atoms with E-state index in [1.165, 1.54) is 5.56 Å². The SMILES string of the molecule is Cn1cc(-c2ccc3c(C(O)CCc4ncc(Cc5ccccc5)cn4)cnn3c2)cn1. The normalized spacial score (nSPS) is 12.3. The zero-order valence-corrected chi connectivity index (χ0v) is 17.8. The third-order valence-corrected chi connectivity index (χ3v) is 5.59. The highest BCUT2D eigenvalue weighted by atomic mass is 16.3. The molecular weight excluding hydrogens is 400 g/mol. The van der Waals surface area contributed by atoms with Crippen molar-refractivity contribution in [2.24, 2.45) is 7.05 Å². The summed E-state index contributed by atoms with van der Waals surface area (Å²) in [5.74, 6) is 0.733. The summed E-state index contributed by atoms with van der Waals surface area (Å²) >= 11 is 0. The summed E-state index contributed by atoms with van der Waals surface area (Å²) in [6.45, 7) is 0. The minimum atomic E-state index is -0.635. The smallest absolute Gasteiger partial charge is 0.128 e. The van der Waals surface area contributed by atoms with Crippen molar-refractivity contribution in [3.63, 3.8) is 0 Å². The van der Waals surface area contributed by atoms with Gasteiger partial charge < -0.3 is 5.11 Å². The Morgan fingerprint density at radius 3 is 2.41 bits per heavy atom. The number of aryl methyl sites for hydroxylation is 2. The van der Waals surface area contributed by atoms with Crippen LogP contribution >= 0.6 is 0 Å². The second kappa shape index (κ2) is 8.72. The van der Waals surface area contributed by atoms with Gasteiger partial charge in [0.05, 0.1) is 24.0 Å². The van der Waals surface area contributed by atoms with Crippen LogP contribution < -0.4 is 0 Å². The highest BCUT2D eigenvalue weighted by Gasteiger charge is 2.15. The van der Waals surface area contributed by atoms with Gasteiger partial charge in [-0.25, -0.2) is 14.5 Å². The lowest BCUT2D eigenvalue weighted by atomic mass is 10.1. The van der Waals surface area contributed by atoms with Crippen LogP contribution in [0.5, 0.6) is 0 Å². The Bertz CT molecular complexity index is 1320. The molecule has 0 fully saturated rings. The Kier molecular flexibility index (Phi) is 5.47. The van der Waals surface area contributed by atoms with Crippen LogP contribution in [0.2, 0.25) is 0 Å². The van der Waals surface area contributed by atoms with Crippen LogP contribution in [0, 0.1) is 0 Å². The van der Waals surface area contributed by atoms with E-state index in [-0.39, 0.29) is 0 Å². The van der Waals surface area contributed by atoms with E-state index in [0.29, 0.717) is 12.8 Å². The van der Waals surface area contributed by atoms with Crippen LogP contribution in [0.15, 0.2) is 79.6 Å². The van der Waals surface area contributed by atoms with Crippen LogP contribution in [-0.4, -0.2) is 34.5 Å². The molecule has 0 radical (unpaired) electrons. The highest BCUT2D eigenvalue weighted by Crippen LogP contribution is 2.26. The molecular formula is C25H24N6O. The van der Waals surface area contributed by atoms with Crippen molar-refractivity contribution < 1.29 is 5.11 Å². The quantitative estimate of drug-likeness (QED) is 0.430.